The number of nitrogens with one attached hydrogen (secondary N) is 2. The maximum Gasteiger partial charge on any atom is 0.418 e. The Morgan fingerprint density at radius 1 is 1.19 bits per heavy atom. The molecule has 0 amide bonds. The van der Waals surface area contributed by atoms with E-state index in [1.807, 2.05) is 23.1 Å². The lowest BCUT2D eigenvalue weighted by Gasteiger charge is -2.50. The number of piperidine rings is 1. The summed E-state index contributed by atoms with van der Waals surface area (Å²) in [6.07, 6.45) is -1.30. The van der Waals surface area contributed by atoms with E-state index in [4.69, 9.17) is 23.8 Å². The van der Waals surface area contributed by atoms with Gasteiger partial charge in [-0.2, -0.15) is 13.2 Å². The van der Waals surface area contributed by atoms with Gasteiger partial charge in [0.05, 0.1) is 23.5 Å². The molecule has 1 fully saturated rings. The Labute approximate surface area is 197 Å². The van der Waals surface area contributed by atoms with Gasteiger partial charge in [-0.15, -0.1) is 0 Å². The number of alkyl halides is 3. The summed E-state index contributed by atoms with van der Waals surface area (Å²) in [6.45, 7) is 8.86. The summed E-state index contributed by atoms with van der Waals surface area (Å²) in [5.41, 5.74) is -0.524. The third kappa shape index (κ3) is 6.33. The van der Waals surface area contributed by atoms with Crippen molar-refractivity contribution in [1.82, 2.24) is 15.2 Å². The molecule has 1 saturated heterocycles. The third-order valence-electron chi connectivity index (χ3n) is 5.46. The molecule has 174 valence electrons. The Kier molecular flexibility index (Phi) is 7.08. The first-order chi connectivity index (χ1) is 14.8. The van der Waals surface area contributed by atoms with Gasteiger partial charge in [-0.3, -0.25) is 4.98 Å². The molecule has 1 aromatic carbocycles. The maximum atomic E-state index is 13.6. The maximum absolute atomic E-state index is 13.6. The number of hydrogen-bond donors (Lipinski definition) is 2. The summed E-state index contributed by atoms with van der Waals surface area (Å²) in [4.78, 5) is 6.35. The van der Waals surface area contributed by atoms with Crippen molar-refractivity contribution in [2.45, 2.75) is 70.4 Å². The van der Waals surface area contributed by atoms with Crippen molar-refractivity contribution in [3.8, 4) is 0 Å². The molecule has 1 aromatic heterocycles. The van der Waals surface area contributed by atoms with Crippen molar-refractivity contribution in [2.75, 3.05) is 5.32 Å². The fourth-order valence-electron chi connectivity index (χ4n) is 4.58. The van der Waals surface area contributed by atoms with Crippen LogP contribution in [0.3, 0.4) is 0 Å². The fourth-order valence-corrected chi connectivity index (χ4v) is 5.07. The van der Waals surface area contributed by atoms with Gasteiger partial charge in [0.1, 0.15) is 0 Å². The average Bonchev–Trinajstić information content (AvgIpc) is 2.63. The highest BCUT2D eigenvalue weighted by molar-refractivity contribution is 7.80. The van der Waals surface area contributed by atoms with E-state index in [1.165, 1.54) is 12.1 Å². The second-order valence-electron chi connectivity index (χ2n) is 9.52. The molecule has 9 heteroatoms. The number of aromatic nitrogens is 1. The van der Waals surface area contributed by atoms with Crippen molar-refractivity contribution in [3.05, 3.63) is 58.9 Å². The van der Waals surface area contributed by atoms with Gasteiger partial charge in [-0.05, 0) is 83.1 Å². The summed E-state index contributed by atoms with van der Waals surface area (Å²) in [5, 5.41) is 6.88. The monoisotopic (exact) mass is 484 g/mol. The highest BCUT2D eigenvalue weighted by Gasteiger charge is 2.41. The Hall–Kier alpha value is -1.90. The van der Waals surface area contributed by atoms with Gasteiger partial charge in [0.15, 0.2) is 5.11 Å². The zero-order chi connectivity index (χ0) is 23.7. The SMILES string of the molecule is CC1(C)CC(N(Cc2ccccn2)C(=S)Nc2cc(Cl)ccc2C(F)(F)F)CC(C)(C)N1. The lowest BCUT2D eigenvalue weighted by molar-refractivity contribution is -0.136. The van der Waals surface area contributed by atoms with E-state index < -0.39 is 11.7 Å². The number of hydrogen-bond acceptors (Lipinski definition) is 3. The molecular formula is C23H28ClF3N4S. The van der Waals surface area contributed by atoms with Gasteiger partial charge < -0.3 is 15.5 Å². The first-order valence-electron chi connectivity index (χ1n) is 10.4. The van der Waals surface area contributed by atoms with Crippen molar-refractivity contribution in [2.24, 2.45) is 0 Å². The van der Waals surface area contributed by atoms with Crippen LogP contribution in [0.15, 0.2) is 42.6 Å². The Morgan fingerprint density at radius 3 is 2.41 bits per heavy atom. The van der Waals surface area contributed by atoms with Crippen LogP contribution in [-0.4, -0.2) is 32.1 Å². The number of halogens is 4. The molecular weight excluding hydrogens is 457 g/mol. The number of anilines is 1. The van der Waals surface area contributed by atoms with E-state index in [2.05, 4.69) is 43.3 Å². The number of pyridine rings is 1. The van der Waals surface area contributed by atoms with Crippen LogP contribution in [-0.2, 0) is 12.7 Å². The number of thiocarbonyl (C=S) groups is 1. The molecule has 32 heavy (non-hydrogen) atoms. The average molecular weight is 485 g/mol. The molecule has 0 unspecified atom stereocenters. The lowest BCUT2D eigenvalue weighted by atomic mass is 9.79. The second kappa shape index (κ2) is 9.15. The van der Waals surface area contributed by atoms with Gasteiger partial charge in [0.25, 0.3) is 0 Å². The van der Waals surface area contributed by atoms with Crippen LogP contribution in [0.5, 0.6) is 0 Å². The molecule has 0 spiro atoms. The molecule has 0 aliphatic carbocycles. The minimum Gasteiger partial charge on any atom is -0.340 e. The molecule has 2 heterocycles. The van der Waals surface area contributed by atoms with E-state index in [1.54, 1.807) is 6.20 Å². The molecule has 0 bridgehead atoms. The second-order valence-corrected chi connectivity index (χ2v) is 10.3. The van der Waals surface area contributed by atoms with Crippen molar-refractivity contribution < 1.29 is 13.2 Å². The van der Waals surface area contributed by atoms with Crippen LogP contribution < -0.4 is 10.6 Å². The van der Waals surface area contributed by atoms with Gasteiger partial charge in [-0.1, -0.05) is 17.7 Å². The summed E-state index contributed by atoms with van der Waals surface area (Å²) in [6, 6.07) is 9.03. The summed E-state index contributed by atoms with van der Waals surface area (Å²) in [5.74, 6) is 0. The topological polar surface area (TPSA) is 40.2 Å². The Morgan fingerprint density at radius 2 is 1.84 bits per heavy atom. The highest BCUT2D eigenvalue weighted by Crippen LogP contribution is 2.37. The van der Waals surface area contributed by atoms with E-state index in [0.717, 1.165) is 24.6 Å². The van der Waals surface area contributed by atoms with Crippen LogP contribution >= 0.6 is 23.8 Å². The van der Waals surface area contributed by atoms with Crippen molar-refractivity contribution in [3.63, 3.8) is 0 Å². The van der Waals surface area contributed by atoms with Crippen LogP contribution in [0.2, 0.25) is 5.02 Å². The third-order valence-corrected chi connectivity index (χ3v) is 6.03. The van der Waals surface area contributed by atoms with E-state index in [0.29, 0.717) is 6.54 Å². The van der Waals surface area contributed by atoms with E-state index in [-0.39, 0.29) is 32.9 Å². The molecule has 1 aliphatic heterocycles. The van der Waals surface area contributed by atoms with E-state index in [9.17, 15) is 13.2 Å². The minimum absolute atomic E-state index is 0.00298. The predicted molar refractivity (Wildman–Crippen MR) is 127 cm³/mol. The summed E-state index contributed by atoms with van der Waals surface area (Å²) < 4.78 is 40.7. The van der Waals surface area contributed by atoms with Crippen molar-refractivity contribution in [1.29, 1.82) is 0 Å². The number of benzene rings is 1. The molecule has 0 saturated carbocycles. The summed E-state index contributed by atoms with van der Waals surface area (Å²) >= 11 is 11.7. The van der Waals surface area contributed by atoms with Crippen LogP contribution in [0.25, 0.3) is 0 Å². The summed E-state index contributed by atoms with van der Waals surface area (Å²) in [7, 11) is 0. The van der Waals surface area contributed by atoms with Crippen molar-refractivity contribution >= 4 is 34.6 Å². The van der Waals surface area contributed by atoms with Crippen LogP contribution in [0.4, 0.5) is 18.9 Å². The van der Waals surface area contributed by atoms with Crippen LogP contribution in [0.1, 0.15) is 51.8 Å². The first-order valence-corrected chi connectivity index (χ1v) is 11.2. The quantitative estimate of drug-likeness (QED) is 0.501. The zero-order valence-corrected chi connectivity index (χ0v) is 20.1. The number of nitrogens with zero attached hydrogens (tertiary/aromatic N) is 2. The molecule has 1 aliphatic rings. The van der Waals surface area contributed by atoms with Gasteiger partial charge >= 0.3 is 6.18 Å². The zero-order valence-electron chi connectivity index (χ0n) is 18.6. The van der Waals surface area contributed by atoms with Crippen LogP contribution in [0, 0.1) is 0 Å². The molecule has 0 atom stereocenters. The molecule has 3 rings (SSSR count). The van der Waals surface area contributed by atoms with Gasteiger partial charge in [0, 0.05) is 28.3 Å². The standard InChI is InChI=1S/C23H28ClF3N4S/c1-21(2)12-17(13-22(3,4)30-21)31(14-16-7-5-6-10-28-16)20(32)29-19-11-15(24)8-9-18(19)23(25,26)27/h5-11,17,30H,12-14H2,1-4H3,(H,29,32). The number of rotatable bonds is 4. The Bertz CT molecular complexity index is 947. The van der Waals surface area contributed by atoms with Gasteiger partial charge in [0.2, 0.25) is 0 Å². The largest absolute Gasteiger partial charge is 0.418 e. The minimum atomic E-state index is -4.53. The normalized spacial score (nSPS) is 18.2. The van der Waals surface area contributed by atoms with E-state index >= 15 is 0 Å². The molecule has 2 N–H and O–H groups in total. The van der Waals surface area contributed by atoms with Gasteiger partial charge in [-0.25, -0.2) is 0 Å². The molecule has 0 radical (unpaired) electrons. The Balaban J connectivity index is 1.95. The molecule has 4 nitrogen and oxygen atoms in total. The predicted octanol–water partition coefficient (Wildman–Crippen LogP) is 6.26. The first kappa shape index (κ1) is 24.7. The fraction of sp³-hybridized carbons (Fsp3) is 0.478. The lowest BCUT2D eigenvalue weighted by Crippen LogP contribution is -2.63. The highest BCUT2D eigenvalue weighted by atomic mass is 35.5. The molecule has 2 aromatic rings. The smallest absolute Gasteiger partial charge is 0.340 e.